The smallest absolute Gasteiger partial charge is 0.134 e. The average molecular weight is 205 g/mol. The fourth-order valence-electron chi connectivity index (χ4n) is 1.55. The first-order chi connectivity index (χ1) is 7.24. The minimum absolute atomic E-state index is 0.0246. The van der Waals surface area contributed by atoms with Crippen LogP contribution in [0.3, 0.4) is 0 Å². The molecule has 0 aliphatic heterocycles. The highest BCUT2D eigenvalue weighted by Crippen LogP contribution is 2.27. The Balaban J connectivity index is 2.46. The van der Waals surface area contributed by atoms with Crippen LogP contribution in [0.1, 0.15) is 25.1 Å². The summed E-state index contributed by atoms with van der Waals surface area (Å²) in [7, 11) is 1.65. The van der Waals surface area contributed by atoms with Gasteiger partial charge in [0.25, 0.3) is 0 Å². The van der Waals surface area contributed by atoms with Crippen LogP contribution >= 0.6 is 0 Å². The molecule has 2 N–H and O–H groups in total. The van der Waals surface area contributed by atoms with Crippen molar-refractivity contribution in [1.82, 2.24) is 0 Å². The molecule has 0 spiro atoms. The number of nitrogens with two attached hydrogens (primary N) is 1. The maximum atomic E-state index is 5.90. The highest BCUT2D eigenvalue weighted by Gasteiger charge is 2.10. The van der Waals surface area contributed by atoms with Crippen molar-refractivity contribution >= 4 is 11.0 Å². The summed E-state index contributed by atoms with van der Waals surface area (Å²) in [5.74, 6) is 1.67. The van der Waals surface area contributed by atoms with Gasteiger partial charge in [-0.1, -0.05) is 6.92 Å². The number of furan rings is 1. The minimum Gasteiger partial charge on any atom is -0.497 e. The molecule has 3 heteroatoms. The third kappa shape index (κ3) is 1.83. The van der Waals surface area contributed by atoms with Gasteiger partial charge in [-0.05, 0) is 30.7 Å². The predicted molar refractivity (Wildman–Crippen MR) is 60.0 cm³/mol. The third-order valence-electron chi connectivity index (χ3n) is 2.55. The first-order valence-electron chi connectivity index (χ1n) is 5.07. The van der Waals surface area contributed by atoms with Crippen molar-refractivity contribution < 1.29 is 9.15 Å². The van der Waals surface area contributed by atoms with Crippen LogP contribution in [0.5, 0.6) is 5.75 Å². The maximum absolute atomic E-state index is 5.90. The van der Waals surface area contributed by atoms with E-state index < -0.39 is 0 Å². The SMILES string of the molecule is CCC(N)c1cc2cc(OC)ccc2o1. The zero-order valence-electron chi connectivity index (χ0n) is 8.99. The van der Waals surface area contributed by atoms with Crippen molar-refractivity contribution in [3.05, 3.63) is 30.0 Å². The van der Waals surface area contributed by atoms with E-state index in [0.717, 1.165) is 28.9 Å². The summed E-state index contributed by atoms with van der Waals surface area (Å²) < 4.78 is 10.8. The molecule has 0 aliphatic rings. The molecule has 1 heterocycles. The van der Waals surface area contributed by atoms with Crippen LogP contribution in [-0.4, -0.2) is 7.11 Å². The Morgan fingerprint density at radius 3 is 2.87 bits per heavy atom. The lowest BCUT2D eigenvalue weighted by Crippen LogP contribution is -2.06. The Kier molecular flexibility index (Phi) is 2.64. The van der Waals surface area contributed by atoms with E-state index in [2.05, 4.69) is 0 Å². The molecule has 0 bridgehead atoms. The summed E-state index contributed by atoms with van der Waals surface area (Å²) in [5.41, 5.74) is 6.76. The molecule has 0 saturated carbocycles. The minimum atomic E-state index is -0.0246. The number of rotatable bonds is 3. The standard InChI is InChI=1S/C12H15NO2/c1-3-10(13)12-7-8-6-9(14-2)4-5-11(8)15-12/h4-7,10H,3,13H2,1-2H3. The van der Waals surface area contributed by atoms with Crippen molar-refractivity contribution in [2.24, 2.45) is 5.73 Å². The Labute approximate surface area is 88.8 Å². The number of ether oxygens (including phenoxy) is 1. The number of fused-ring (bicyclic) bond motifs is 1. The van der Waals surface area contributed by atoms with Gasteiger partial charge in [-0.2, -0.15) is 0 Å². The van der Waals surface area contributed by atoms with Crippen LogP contribution in [0, 0.1) is 0 Å². The molecule has 3 nitrogen and oxygen atoms in total. The number of hydrogen-bond donors (Lipinski definition) is 1. The van der Waals surface area contributed by atoms with Gasteiger partial charge in [0, 0.05) is 5.39 Å². The number of methoxy groups -OCH3 is 1. The second-order valence-corrected chi connectivity index (χ2v) is 3.57. The van der Waals surface area contributed by atoms with Crippen molar-refractivity contribution in [3.8, 4) is 5.75 Å². The molecule has 1 unspecified atom stereocenters. The molecule has 1 aromatic heterocycles. The normalized spacial score (nSPS) is 13.0. The molecule has 1 atom stereocenters. The van der Waals surface area contributed by atoms with Gasteiger partial charge >= 0.3 is 0 Å². The van der Waals surface area contributed by atoms with E-state index in [1.54, 1.807) is 7.11 Å². The third-order valence-corrected chi connectivity index (χ3v) is 2.55. The predicted octanol–water partition coefficient (Wildman–Crippen LogP) is 2.85. The molecule has 2 rings (SSSR count). The molecule has 0 fully saturated rings. The quantitative estimate of drug-likeness (QED) is 0.838. The van der Waals surface area contributed by atoms with Crippen molar-refractivity contribution in [1.29, 1.82) is 0 Å². The molecule has 80 valence electrons. The van der Waals surface area contributed by atoms with E-state index in [1.807, 2.05) is 31.2 Å². The van der Waals surface area contributed by atoms with E-state index in [4.69, 9.17) is 14.9 Å². The highest BCUT2D eigenvalue weighted by atomic mass is 16.5. The maximum Gasteiger partial charge on any atom is 0.134 e. The summed E-state index contributed by atoms with van der Waals surface area (Å²) in [6, 6.07) is 7.69. The summed E-state index contributed by atoms with van der Waals surface area (Å²) in [4.78, 5) is 0. The lowest BCUT2D eigenvalue weighted by Gasteiger charge is -2.02. The average Bonchev–Trinajstić information content (AvgIpc) is 2.70. The van der Waals surface area contributed by atoms with Crippen LogP contribution in [0.25, 0.3) is 11.0 Å². The van der Waals surface area contributed by atoms with E-state index >= 15 is 0 Å². The molecule has 0 amide bonds. The number of hydrogen-bond acceptors (Lipinski definition) is 3. The first-order valence-corrected chi connectivity index (χ1v) is 5.07. The summed E-state index contributed by atoms with van der Waals surface area (Å²) >= 11 is 0. The lowest BCUT2D eigenvalue weighted by molar-refractivity contribution is 0.415. The van der Waals surface area contributed by atoms with Gasteiger partial charge < -0.3 is 14.9 Å². The van der Waals surface area contributed by atoms with Gasteiger partial charge in [0.1, 0.15) is 17.1 Å². The Hall–Kier alpha value is -1.48. The molecule has 0 saturated heterocycles. The molecule has 15 heavy (non-hydrogen) atoms. The summed E-state index contributed by atoms with van der Waals surface area (Å²) in [5, 5.41) is 1.04. The topological polar surface area (TPSA) is 48.4 Å². The zero-order valence-corrected chi connectivity index (χ0v) is 8.99. The van der Waals surface area contributed by atoms with E-state index in [0.29, 0.717) is 0 Å². The van der Waals surface area contributed by atoms with Gasteiger partial charge in [-0.25, -0.2) is 0 Å². The van der Waals surface area contributed by atoms with E-state index in [-0.39, 0.29) is 6.04 Å². The fraction of sp³-hybridized carbons (Fsp3) is 0.333. The molecular weight excluding hydrogens is 190 g/mol. The van der Waals surface area contributed by atoms with Crippen LogP contribution in [-0.2, 0) is 0 Å². The Bertz CT molecular complexity index is 462. The van der Waals surface area contributed by atoms with Crippen molar-refractivity contribution in [3.63, 3.8) is 0 Å². The second kappa shape index (κ2) is 3.95. The first kappa shape index (κ1) is 10.1. The molecule has 0 aliphatic carbocycles. The van der Waals surface area contributed by atoms with Gasteiger partial charge in [-0.15, -0.1) is 0 Å². The van der Waals surface area contributed by atoms with Crippen molar-refractivity contribution in [2.75, 3.05) is 7.11 Å². The summed E-state index contributed by atoms with van der Waals surface area (Å²) in [6.45, 7) is 2.04. The van der Waals surface area contributed by atoms with Crippen LogP contribution < -0.4 is 10.5 Å². The molecule has 0 radical (unpaired) electrons. The van der Waals surface area contributed by atoms with Gasteiger partial charge in [0.05, 0.1) is 13.2 Å². The Morgan fingerprint density at radius 1 is 1.40 bits per heavy atom. The van der Waals surface area contributed by atoms with Gasteiger partial charge in [0.2, 0.25) is 0 Å². The van der Waals surface area contributed by atoms with E-state index in [1.165, 1.54) is 0 Å². The second-order valence-electron chi connectivity index (χ2n) is 3.57. The van der Waals surface area contributed by atoms with Crippen LogP contribution in [0.4, 0.5) is 0 Å². The van der Waals surface area contributed by atoms with Crippen LogP contribution in [0.2, 0.25) is 0 Å². The molecule has 2 aromatic rings. The summed E-state index contributed by atoms with van der Waals surface area (Å²) in [6.07, 6.45) is 0.872. The largest absolute Gasteiger partial charge is 0.497 e. The van der Waals surface area contributed by atoms with Crippen molar-refractivity contribution in [2.45, 2.75) is 19.4 Å². The molecule has 1 aromatic carbocycles. The highest BCUT2D eigenvalue weighted by molar-refractivity contribution is 5.79. The Morgan fingerprint density at radius 2 is 2.20 bits per heavy atom. The lowest BCUT2D eigenvalue weighted by atomic mass is 10.1. The van der Waals surface area contributed by atoms with Gasteiger partial charge in [0.15, 0.2) is 0 Å². The number of benzene rings is 1. The zero-order chi connectivity index (χ0) is 10.8. The molecular formula is C12H15NO2. The van der Waals surface area contributed by atoms with Crippen LogP contribution in [0.15, 0.2) is 28.7 Å². The van der Waals surface area contributed by atoms with E-state index in [9.17, 15) is 0 Å². The monoisotopic (exact) mass is 205 g/mol. The van der Waals surface area contributed by atoms with Gasteiger partial charge in [-0.3, -0.25) is 0 Å². The fourth-order valence-corrected chi connectivity index (χ4v) is 1.55.